The number of amides is 1. The Labute approximate surface area is 106 Å². The van der Waals surface area contributed by atoms with Crippen molar-refractivity contribution < 1.29 is 9.90 Å². The number of carbonyl (C=O) groups is 1. The number of hydrogen-bond donors (Lipinski definition) is 3. The zero-order chi connectivity index (χ0) is 13.2. The summed E-state index contributed by atoms with van der Waals surface area (Å²) in [5.74, 6) is 0.0874. The average molecular weight is 249 g/mol. The molecule has 1 aromatic rings. The van der Waals surface area contributed by atoms with Gasteiger partial charge in [0, 0.05) is 12.1 Å². The van der Waals surface area contributed by atoms with Crippen LogP contribution in [0.25, 0.3) is 0 Å². The SMILES string of the molecule is Cc1ccc(O)c(NC(=O)CC2(CN)CCC2)n1. The Balaban J connectivity index is 2.00. The molecule has 0 bridgehead atoms. The van der Waals surface area contributed by atoms with Crippen LogP contribution in [0.4, 0.5) is 5.82 Å². The third-order valence-corrected chi connectivity index (χ3v) is 3.65. The van der Waals surface area contributed by atoms with Crippen molar-refractivity contribution in [2.24, 2.45) is 11.1 Å². The molecule has 0 atom stereocenters. The van der Waals surface area contributed by atoms with Crippen LogP contribution in [-0.2, 0) is 4.79 Å². The minimum absolute atomic E-state index is 0.00985. The molecule has 1 aliphatic carbocycles. The molecule has 1 amide bonds. The largest absolute Gasteiger partial charge is 0.504 e. The molecule has 1 heterocycles. The van der Waals surface area contributed by atoms with Crippen LogP contribution in [0.3, 0.4) is 0 Å². The lowest BCUT2D eigenvalue weighted by molar-refractivity contribution is -0.119. The summed E-state index contributed by atoms with van der Waals surface area (Å²) in [6, 6.07) is 3.22. The fourth-order valence-electron chi connectivity index (χ4n) is 2.29. The summed E-state index contributed by atoms with van der Waals surface area (Å²) < 4.78 is 0. The number of hydrogen-bond acceptors (Lipinski definition) is 4. The van der Waals surface area contributed by atoms with E-state index in [1.165, 1.54) is 6.07 Å². The second-order valence-electron chi connectivity index (χ2n) is 5.10. The van der Waals surface area contributed by atoms with Crippen molar-refractivity contribution in [3.63, 3.8) is 0 Å². The molecule has 18 heavy (non-hydrogen) atoms. The monoisotopic (exact) mass is 249 g/mol. The van der Waals surface area contributed by atoms with E-state index in [0.29, 0.717) is 13.0 Å². The molecule has 5 nitrogen and oxygen atoms in total. The van der Waals surface area contributed by atoms with E-state index in [0.717, 1.165) is 25.0 Å². The molecule has 1 aromatic heterocycles. The summed E-state index contributed by atoms with van der Waals surface area (Å²) in [6.45, 7) is 2.34. The van der Waals surface area contributed by atoms with E-state index in [1.807, 2.05) is 6.92 Å². The van der Waals surface area contributed by atoms with Gasteiger partial charge in [-0.1, -0.05) is 6.42 Å². The number of nitrogens with two attached hydrogens (primary N) is 1. The van der Waals surface area contributed by atoms with Gasteiger partial charge in [-0.15, -0.1) is 0 Å². The van der Waals surface area contributed by atoms with Gasteiger partial charge in [0.2, 0.25) is 5.91 Å². The molecular formula is C13H19N3O2. The molecule has 0 saturated heterocycles. The van der Waals surface area contributed by atoms with E-state index in [-0.39, 0.29) is 22.9 Å². The van der Waals surface area contributed by atoms with Crippen LogP contribution in [0.15, 0.2) is 12.1 Å². The minimum Gasteiger partial charge on any atom is -0.504 e. The van der Waals surface area contributed by atoms with Gasteiger partial charge in [-0.2, -0.15) is 0 Å². The maximum Gasteiger partial charge on any atom is 0.226 e. The summed E-state index contributed by atoms with van der Waals surface area (Å²) >= 11 is 0. The molecule has 2 rings (SSSR count). The quantitative estimate of drug-likeness (QED) is 0.755. The average Bonchev–Trinajstić information content (AvgIpc) is 2.28. The highest BCUT2D eigenvalue weighted by Crippen LogP contribution is 2.43. The first-order chi connectivity index (χ1) is 8.54. The Bertz CT molecular complexity index is 450. The van der Waals surface area contributed by atoms with Crippen molar-refractivity contribution in [3.8, 4) is 5.75 Å². The Morgan fingerprint density at radius 2 is 2.28 bits per heavy atom. The highest BCUT2D eigenvalue weighted by atomic mass is 16.3. The highest BCUT2D eigenvalue weighted by molar-refractivity contribution is 5.91. The van der Waals surface area contributed by atoms with E-state index in [1.54, 1.807) is 6.07 Å². The number of nitrogens with one attached hydrogen (secondary N) is 1. The predicted molar refractivity (Wildman–Crippen MR) is 69.2 cm³/mol. The van der Waals surface area contributed by atoms with Crippen molar-refractivity contribution in [2.45, 2.75) is 32.6 Å². The number of aryl methyl sites for hydroxylation is 1. The summed E-state index contributed by atoms with van der Waals surface area (Å²) in [5.41, 5.74) is 6.43. The van der Waals surface area contributed by atoms with Crippen LogP contribution in [0, 0.1) is 12.3 Å². The van der Waals surface area contributed by atoms with E-state index in [4.69, 9.17) is 5.73 Å². The molecule has 98 valence electrons. The first kappa shape index (κ1) is 12.8. The van der Waals surface area contributed by atoms with Gasteiger partial charge < -0.3 is 16.2 Å². The molecule has 4 N–H and O–H groups in total. The molecule has 1 aliphatic rings. The number of aromatic nitrogens is 1. The van der Waals surface area contributed by atoms with Gasteiger partial charge >= 0.3 is 0 Å². The summed E-state index contributed by atoms with van der Waals surface area (Å²) in [5, 5.41) is 12.3. The van der Waals surface area contributed by atoms with Gasteiger partial charge in [0.1, 0.15) is 0 Å². The summed E-state index contributed by atoms with van der Waals surface area (Å²) in [7, 11) is 0. The Kier molecular flexibility index (Phi) is 3.52. The van der Waals surface area contributed by atoms with Gasteiger partial charge in [0.15, 0.2) is 11.6 Å². The molecule has 0 unspecified atom stereocenters. The van der Waals surface area contributed by atoms with Gasteiger partial charge in [0.05, 0.1) is 0 Å². The van der Waals surface area contributed by atoms with Gasteiger partial charge in [-0.05, 0) is 43.9 Å². The van der Waals surface area contributed by atoms with E-state index >= 15 is 0 Å². The summed E-state index contributed by atoms with van der Waals surface area (Å²) in [4.78, 5) is 16.0. The van der Waals surface area contributed by atoms with Crippen LogP contribution in [-0.4, -0.2) is 22.5 Å². The smallest absolute Gasteiger partial charge is 0.226 e. The number of nitrogens with zero attached hydrogens (tertiary/aromatic N) is 1. The lowest BCUT2D eigenvalue weighted by Gasteiger charge is -2.40. The molecular weight excluding hydrogens is 230 g/mol. The molecule has 5 heteroatoms. The molecule has 0 spiro atoms. The maximum atomic E-state index is 11.9. The van der Waals surface area contributed by atoms with Crippen molar-refractivity contribution in [1.82, 2.24) is 4.98 Å². The molecule has 1 fully saturated rings. The van der Waals surface area contributed by atoms with Crippen LogP contribution < -0.4 is 11.1 Å². The van der Waals surface area contributed by atoms with Crippen LogP contribution in [0.2, 0.25) is 0 Å². The van der Waals surface area contributed by atoms with E-state index in [9.17, 15) is 9.90 Å². The lowest BCUT2D eigenvalue weighted by atomic mass is 9.66. The second-order valence-corrected chi connectivity index (χ2v) is 5.10. The van der Waals surface area contributed by atoms with Crippen LogP contribution >= 0.6 is 0 Å². The predicted octanol–water partition coefficient (Wildman–Crippen LogP) is 1.55. The van der Waals surface area contributed by atoms with Gasteiger partial charge in [-0.3, -0.25) is 4.79 Å². The van der Waals surface area contributed by atoms with Gasteiger partial charge in [0.25, 0.3) is 0 Å². The van der Waals surface area contributed by atoms with E-state index < -0.39 is 0 Å². The zero-order valence-corrected chi connectivity index (χ0v) is 10.6. The molecule has 1 saturated carbocycles. The standard InChI is InChI=1S/C13H19N3O2/c1-9-3-4-10(17)12(15-9)16-11(18)7-13(8-14)5-2-6-13/h3-4,17H,2,5-8,14H2,1H3,(H,15,16,18). The highest BCUT2D eigenvalue weighted by Gasteiger charge is 2.37. The first-order valence-electron chi connectivity index (χ1n) is 6.21. The Morgan fingerprint density at radius 3 is 2.83 bits per heavy atom. The lowest BCUT2D eigenvalue weighted by Crippen LogP contribution is -2.40. The van der Waals surface area contributed by atoms with E-state index in [2.05, 4.69) is 10.3 Å². The third-order valence-electron chi connectivity index (χ3n) is 3.65. The maximum absolute atomic E-state index is 11.9. The minimum atomic E-state index is -0.131. The molecule has 0 radical (unpaired) electrons. The fourth-order valence-corrected chi connectivity index (χ4v) is 2.29. The first-order valence-corrected chi connectivity index (χ1v) is 6.21. The molecule has 0 aliphatic heterocycles. The fraction of sp³-hybridized carbons (Fsp3) is 0.538. The number of rotatable bonds is 4. The number of aromatic hydroxyl groups is 1. The third kappa shape index (κ3) is 2.61. The number of anilines is 1. The van der Waals surface area contributed by atoms with Crippen molar-refractivity contribution >= 4 is 11.7 Å². The topological polar surface area (TPSA) is 88.2 Å². The second kappa shape index (κ2) is 4.94. The van der Waals surface area contributed by atoms with Crippen LogP contribution in [0.5, 0.6) is 5.75 Å². The van der Waals surface area contributed by atoms with Crippen molar-refractivity contribution in [2.75, 3.05) is 11.9 Å². The molecule has 0 aromatic carbocycles. The van der Waals surface area contributed by atoms with Crippen molar-refractivity contribution in [1.29, 1.82) is 0 Å². The number of pyridine rings is 1. The normalized spacial score (nSPS) is 17.0. The van der Waals surface area contributed by atoms with Gasteiger partial charge in [-0.25, -0.2) is 4.98 Å². The zero-order valence-electron chi connectivity index (χ0n) is 10.6. The Hall–Kier alpha value is -1.62. The van der Waals surface area contributed by atoms with Crippen LogP contribution in [0.1, 0.15) is 31.4 Å². The Morgan fingerprint density at radius 1 is 1.56 bits per heavy atom. The number of carbonyl (C=O) groups excluding carboxylic acids is 1. The van der Waals surface area contributed by atoms with Crippen molar-refractivity contribution in [3.05, 3.63) is 17.8 Å². The summed E-state index contributed by atoms with van der Waals surface area (Å²) in [6.07, 6.45) is 3.55.